The molecule has 0 N–H and O–H groups in total. The third kappa shape index (κ3) is 29.5. The molecule has 0 aliphatic rings. The number of unbranched alkanes of at least 4 members (excludes halogenated alkanes) is 24. The fraction of sp³-hybridized carbons (Fsp3) is 0.941. The molecule has 1 atom stereocenters. The average Bonchev–Trinajstić information content (AvgIpc) is 2.89. The van der Waals surface area contributed by atoms with Gasteiger partial charge in [0.25, 0.3) is 0 Å². The van der Waals surface area contributed by atoms with Crippen molar-refractivity contribution in [2.75, 3.05) is 0 Å². The summed E-state index contributed by atoms with van der Waals surface area (Å²) in [4.78, 5) is 23.1. The van der Waals surface area contributed by atoms with E-state index in [1.165, 1.54) is 148 Å². The maximum atomic E-state index is 12.2. The lowest BCUT2D eigenvalue weighted by Gasteiger charge is -2.15. The Kier molecular flexibility index (Phi) is 30.6. The predicted octanol–water partition coefficient (Wildman–Crippen LogP) is 11.4. The molecule has 1 unspecified atom stereocenters. The van der Waals surface area contributed by atoms with E-state index < -0.39 is 0 Å². The lowest BCUT2D eigenvalue weighted by molar-refractivity contribution is -0.149. The average molecular weight is 522 g/mol. The zero-order chi connectivity index (χ0) is 27.1. The monoisotopic (exact) mass is 521 g/mol. The van der Waals surface area contributed by atoms with Crippen LogP contribution in [-0.4, -0.2) is 18.4 Å². The highest BCUT2D eigenvalue weighted by Gasteiger charge is 2.14. The Morgan fingerprint density at radius 2 is 0.838 bits per heavy atom. The highest BCUT2D eigenvalue weighted by atomic mass is 16.5. The Balaban J connectivity index is 3.47. The predicted molar refractivity (Wildman–Crippen MR) is 161 cm³/mol. The van der Waals surface area contributed by atoms with Crippen LogP contribution in [0.2, 0.25) is 0 Å². The lowest BCUT2D eigenvalue weighted by Crippen LogP contribution is -2.18. The van der Waals surface area contributed by atoms with Crippen LogP contribution in [0.15, 0.2) is 0 Å². The zero-order valence-electron chi connectivity index (χ0n) is 25.3. The summed E-state index contributed by atoms with van der Waals surface area (Å²) >= 11 is 0. The van der Waals surface area contributed by atoms with E-state index in [0.29, 0.717) is 6.42 Å². The van der Waals surface area contributed by atoms with Crippen molar-refractivity contribution in [2.24, 2.45) is 0 Å². The number of hydrogen-bond donors (Lipinski definition) is 0. The van der Waals surface area contributed by atoms with Crippen LogP contribution in [0, 0.1) is 0 Å². The number of carbonyl (C=O) groups excluding carboxylic acids is 2. The van der Waals surface area contributed by atoms with Gasteiger partial charge >= 0.3 is 5.97 Å². The molecule has 0 heterocycles. The first-order valence-electron chi connectivity index (χ1n) is 16.8. The molecular formula is C34H65O3. The number of esters is 1. The van der Waals surface area contributed by atoms with Gasteiger partial charge in [0.05, 0.1) is 6.42 Å². The Bertz CT molecular complexity index is 462. The SMILES string of the molecule is CCCCCCCCCCCCCCCCCCCC(=O)OC(C[C]=O)CCCCCCCCCCC. The zero-order valence-corrected chi connectivity index (χ0v) is 25.3. The molecule has 0 aromatic rings. The van der Waals surface area contributed by atoms with Crippen molar-refractivity contribution in [3.05, 3.63) is 0 Å². The van der Waals surface area contributed by atoms with Crippen molar-refractivity contribution in [1.29, 1.82) is 0 Å². The van der Waals surface area contributed by atoms with Gasteiger partial charge in [-0.2, -0.15) is 0 Å². The van der Waals surface area contributed by atoms with E-state index in [4.69, 9.17) is 4.74 Å². The van der Waals surface area contributed by atoms with Gasteiger partial charge in [0.2, 0.25) is 6.29 Å². The number of rotatable bonds is 31. The van der Waals surface area contributed by atoms with Crippen LogP contribution < -0.4 is 0 Å². The molecule has 0 amide bonds. The normalized spacial score (nSPS) is 12.1. The molecule has 3 heteroatoms. The third-order valence-corrected chi connectivity index (χ3v) is 7.72. The minimum absolute atomic E-state index is 0.128. The van der Waals surface area contributed by atoms with Gasteiger partial charge in [-0.05, 0) is 19.3 Å². The van der Waals surface area contributed by atoms with Crippen LogP contribution in [0.25, 0.3) is 0 Å². The van der Waals surface area contributed by atoms with Gasteiger partial charge in [-0.15, -0.1) is 0 Å². The maximum absolute atomic E-state index is 12.2. The van der Waals surface area contributed by atoms with E-state index in [1.807, 2.05) is 6.29 Å². The van der Waals surface area contributed by atoms with Crippen LogP contribution in [0.1, 0.15) is 200 Å². The lowest BCUT2D eigenvalue weighted by atomic mass is 10.0. The fourth-order valence-electron chi connectivity index (χ4n) is 5.22. The van der Waals surface area contributed by atoms with Crippen molar-refractivity contribution in [1.82, 2.24) is 0 Å². The van der Waals surface area contributed by atoms with Crippen LogP contribution in [-0.2, 0) is 14.3 Å². The first-order chi connectivity index (χ1) is 18.2. The highest BCUT2D eigenvalue weighted by Crippen LogP contribution is 2.16. The molecule has 0 fully saturated rings. The third-order valence-electron chi connectivity index (χ3n) is 7.72. The minimum atomic E-state index is -0.264. The minimum Gasteiger partial charge on any atom is -0.462 e. The summed E-state index contributed by atoms with van der Waals surface area (Å²) in [5.41, 5.74) is 0. The molecule has 0 saturated heterocycles. The Morgan fingerprint density at radius 1 is 0.514 bits per heavy atom. The second-order valence-corrected chi connectivity index (χ2v) is 11.5. The van der Waals surface area contributed by atoms with Crippen LogP contribution in [0.3, 0.4) is 0 Å². The maximum Gasteiger partial charge on any atom is 0.306 e. The Hall–Kier alpha value is -0.860. The summed E-state index contributed by atoms with van der Waals surface area (Å²) in [5, 5.41) is 0. The van der Waals surface area contributed by atoms with E-state index >= 15 is 0 Å². The van der Waals surface area contributed by atoms with Gasteiger partial charge in [-0.1, -0.05) is 168 Å². The van der Waals surface area contributed by atoms with Crippen molar-refractivity contribution in [2.45, 2.75) is 206 Å². The van der Waals surface area contributed by atoms with E-state index in [-0.39, 0.29) is 18.5 Å². The second-order valence-electron chi connectivity index (χ2n) is 11.5. The summed E-state index contributed by atoms with van der Waals surface area (Å²) in [6.45, 7) is 4.53. The molecule has 0 saturated carbocycles. The molecule has 1 radical (unpaired) electrons. The molecule has 0 bridgehead atoms. The van der Waals surface area contributed by atoms with Crippen LogP contribution in [0.4, 0.5) is 0 Å². The van der Waals surface area contributed by atoms with E-state index in [2.05, 4.69) is 13.8 Å². The molecule has 0 rings (SSSR count). The van der Waals surface area contributed by atoms with Gasteiger partial charge in [-0.25, -0.2) is 0 Å². The van der Waals surface area contributed by atoms with Crippen LogP contribution >= 0.6 is 0 Å². The van der Waals surface area contributed by atoms with Gasteiger partial charge < -0.3 is 4.74 Å². The molecule has 0 aromatic carbocycles. The van der Waals surface area contributed by atoms with E-state index in [9.17, 15) is 9.59 Å². The van der Waals surface area contributed by atoms with Crippen molar-refractivity contribution in [3.8, 4) is 0 Å². The van der Waals surface area contributed by atoms with Gasteiger partial charge in [0, 0.05) is 6.42 Å². The quantitative estimate of drug-likeness (QED) is 0.0673. The van der Waals surface area contributed by atoms with E-state index in [0.717, 1.165) is 25.7 Å². The molecular weight excluding hydrogens is 456 g/mol. The van der Waals surface area contributed by atoms with Crippen molar-refractivity contribution in [3.63, 3.8) is 0 Å². The highest BCUT2D eigenvalue weighted by molar-refractivity contribution is 5.69. The van der Waals surface area contributed by atoms with Crippen molar-refractivity contribution >= 4 is 12.3 Å². The summed E-state index contributed by atoms with van der Waals surface area (Å²) in [6, 6.07) is 0. The molecule has 219 valence electrons. The Labute approximate surface area is 232 Å². The topological polar surface area (TPSA) is 43.4 Å². The first kappa shape index (κ1) is 36.1. The van der Waals surface area contributed by atoms with Gasteiger partial charge in [0.15, 0.2) is 0 Å². The largest absolute Gasteiger partial charge is 0.462 e. The number of ether oxygens (including phenoxy) is 1. The number of hydrogen-bond acceptors (Lipinski definition) is 3. The van der Waals surface area contributed by atoms with Crippen molar-refractivity contribution < 1.29 is 14.3 Å². The second kappa shape index (κ2) is 31.4. The standard InChI is InChI=1S/C34H65O3/c1-3-5-7-9-11-13-14-15-16-17-18-19-20-22-24-26-28-30-34(36)37-33(31-32-35)29-27-25-23-21-12-10-8-6-4-2/h33H,3-31H2,1-2H3. The molecule has 37 heavy (non-hydrogen) atoms. The Morgan fingerprint density at radius 3 is 1.19 bits per heavy atom. The molecule has 0 spiro atoms. The molecule has 0 aliphatic carbocycles. The molecule has 0 aliphatic heterocycles. The van der Waals surface area contributed by atoms with Crippen LogP contribution in [0.5, 0.6) is 0 Å². The fourth-order valence-corrected chi connectivity index (χ4v) is 5.22. The smallest absolute Gasteiger partial charge is 0.306 e. The molecule has 0 aromatic heterocycles. The number of carbonyl (C=O) groups is 1. The van der Waals surface area contributed by atoms with Gasteiger partial charge in [0.1, 0.15) is 6.10 Å². The van der Waals surface area contributed by atoms with E-state index in [1.54, 1.807) is 0 Å². The summed E-state index contributed by atoms with van der Waals surface area (Å²) in [7, 11) is 0. The molecule has 3 nitrogen and oxygen atoms in total. The summed E-state index contributed by atoms with van der Waals surface area (Å²) < 4.78 is 5.59. The summed E-state index contributed by atoms with van der Waals surface area (Å²) in [5.74, 6) is -0.128. The summed E-state index contributed by atoms with van der Waals surface area (Å²) in [6.07, 6.45) is 37.4. The first-order valence-corrected chi connectivity index (χ1v) is 16.8. The van der Waals surface area contributed by atoms with Gasteiger partial charge in [-0.3, -0.25) is 9.59 Å².